The topological polar surface area (TPSA) is 32.7 Å². The number of aliphatic hydroxyl groups excluding tert-OH is 1. The fraction of sp³-hybridized carbons (Fsp3) is 0.400. The van der Waals surface area contributed by atoms with Gasteiger partial charge >= 0.3 is 0 Å². The molecule has 2 aromatic rings. The molecule has 0 aliphatic carbocycles. The zero-order chi connectivity index (χ0) is 16.8. The molecule has 1 unspecified atom stereocenters. The third-order valence-electron chi connectivity index (χ3n) is 4.37. The Hall–Kier alpha value is -1.91. The van der Waals surface area contributed by atoms with Gasteiger partial charge in [-0.2, -0.15) is 0 Å². The number of rotatable bonds is 6. The summed E-state index contributed by atoms with van der Waals surface area (Å²) in [6.07, 6.45) is 3.23. The zero-order valence-corrected chi connectivity index (χ0v) is 13.8. The summed E-state index contributed by atoms with van der Waals surface area (Å²) in [7, 11) is 0. The molecule has 1 saturated heterocycles. The fourth-order valence-corrected chi connectivity index (χ4v) is 3.09. The molecule has 1 atom stereocenters. The van der Waals surface area contributed by atoms with Crippen molar-refractivity contribution in [3.05, 3.63) is 54.3 Å². The first-order valence-corrected chi connectivity index (χ1v) is 8.60. The second-order valence-electron chi connectivity index (χ2n) is 6.36. The fourth-order valence-electron chi connectivity index (χ4n) is 3.09. The molecule has 0 aromatic heterocycles. The van der Waals surface area contributed by atoms with E-state index >= 15 is 0 Å². The van der Waals surface area contributed by atoms with Gasteiger partial charge in [-0.25, -0.2) is 4.39 Å². The van der Waals surface area contributed by atoms with E-state index in [1.54, 1.807) is 12.1 Å². The van der Waals surface area contributed by atoms with Crippen molar-refractivity contribution in [3.63, 3.8) is 0 Å². The van der Waals surface area contributed by atoms with Gasteiger partial charge in [0, 0.05) is 6.54 Å². The Kier molecular flexibility index (Phi) is 5.83. The second kappa shape index (κ2) is 8.27. The molecule has 0 amide bonds. The van der Waals surface area contributed by atoms with Gasteiger partial charge < -0.3 is 14.7 Å². The van der Waals surface area contributed by atoms with Crippen LogP contribution in [-0.4, -0.2) is 42.4 Å². The lowest BCUT2D eigenvalue weighted by Crippen LogP contribution is -2.38. The van der Waals surface area contributed by atoms with Gasteiger partial charge in [0.15, 0.2) is 0 Å². The van der Waals surface area contributed by atoms with E-state index in [2.05, 4.69) is 4.90 Å². The molecule has 4 heteroatoms. The first kappa shape index (κ1) is 16.9. The molecule has 0 bridgehead atoms. The second-order valence-corrected chi connectivity index (χ2v) is 6.36. The predicted octanol–water partition coefficient (Wildman–Crippen LogP) is 3.72. The van der Waals surface area contributed by atoms with Crippen molar-refractivity contribution in [2.24, 2.45) is 0 Å². The number of halogens is 1. The molecule has 0 saturated carbocycles. The highest BCUT2D eigenvalue weighted by Gasteiger charge is 2.15. The summed E-state index contributed by atoms with van der Waals surface area (Å²) in [4.78, 5) is 2.30. The van der Waals surface area contributed by atoms with Crippen molar-refractivity contribution < 1.29 is 14.2 Å². The summed E-state index contributed by atoms with van der Waals surface area (Å²) in [5.41, 5.74) is 1.91. The third kappa shape index (κ3) is 4.79. The van der Waals surface area contributed by atoms with E-state index < -0.39 is 6.10 Å². The Morgan fingerprint density at radius 1 is 1.00 bits per heavy atom. The van der Waals surface area contributed by atoms with Gasteiger partial charge in [0.25, 0.3) is 0 Å². The SMILES string of the molecule is OC(COc1cccc(-c2ccc(F)cc2)c1)CN1CCCCC1. The molecule has 1 aliphatic rings. The molecule has 0 radical (unpaired) electrons. The number of likely N-dealkylation sites (tertiary alicyclic amines) is 1. The summed E-state index contributed by atoms with van der Waals surface area (Å²) in [5, 5.41) is 10.2. The molecule has 1 aliphatic heterocycles. The molecule has 128 valence electrons. The van der Waals surface area contributed by atoms with Gasteiger partial charge in [0.2, 0.25) is 0 Å². The van der Waals surface area contributed by atoms with Crippen LogP contribution in [0.2, 0.25) is 0 Å². The minimum atomic E-state index is -0.488. The van der Waals surface area contributed by atoms with Gasteiger partial charge in [-0.05, 0) is 61.3 Å². The maximum Gasteiger partial charge on any atom is 0.123 e. The summed E-state index contributed by atoms with van der Waals surface area (Å²) in [6.45, 7) is 3.08. The smallest absolute Gasteiger partial charge is 0.123 e. The van der Waals surface area contributed by atoms with Crippen LogP contribution in [0.5, 0.6) is 5.75 Å². The van der Waals surface area contributed by atoms with Crippen molar-refractivity contribution in [1.29, 1.82) is 0 Å². The molecule has 3 nitrogen and oxygen atoms in total. The number of piperidine rings is 1. The molecule has 24 heavy (non-hydrogen) atoms. The molecular weight excluding hydrogens is 305 g/mol. The summed E-state index contributed by atoms with van der Waals surface area (Å²) >= 11 is 0. The van der Waals surface area contributed by atoms with Crippen LogP contribution in [0, 0.1) is 5.82 Å². The van der Waals surface area contributed by atoms with E-state index in [4.69, 9.17) is 4.74 Å². The largest absolute Gasteiger partial charge is 0.491 e. The van der Waals surface area contributed by atoms with Crippen molar-refractivity contribution in [2.45, 2.75) is 25.4 Å². The standard InChI is InChI=1S/C20H24FNO2/c21-18-9-7-16(8-10-18)17-5-4-6-20(13-17)24-15-19(23)14-22-11-2-1-3-12-22/h4-10,13,19,23H,1-3,11-12,14-15H2. The van der Waals surface area contributed by atoms with Crippen LogP contribution in [0.25, 0.3) is 11.1 Å². The average molecular weight is 329 g/mol. The normalized spacial score (nSPS) is 16.8. The number of nitrogens with zero attached hydrogens (tertiary/aromatic N) is 1. The van der Waals surface area contributed by atoms with Gasteiger partial charge in [-0.15, -0.1) is 0 Å². The number of β-amino-alcohol motifs (C(OH)–C–C–N with tert-alkyl or cyclic N) is 1. The van der Waals surface area contributed by atoms with E-state index in [1.807, 2.05) is 24.3 Å². The number of ether oxygens (including phenoxy) is 1. The predicted molar refractivity (Wildman–Crippen MR) is 93.6 cm³/mol. The number of aliphatic hydroxyl groups is 1. The number of hydrogen-bond donors (Lipinski definition) is 1. The van der Waals surface area contributed by atoms with Crippen molar-refractivity contribution >= 4 is 0 Å². The van der Waals surface area contributed by atoms with E-state index in [0.717, 1.165) is 30.0 Å². The maximum absolute atomic E-state index is 13.0. The lowest BCUT2D eigenvalue weighted by atomic mass is 10.1. The van der Waals surface area contributed by atoms with Crippen LogP contribution in [0.1, 0.15) is 19.3 Å². The van der Waals surface area contributed by atoms with Crippen LogP contribution >= 0.6 is 0 Å². The molecule has 0 spiro atoms. The lowest BCUT2D eigenvalue weighted by molar-refractivity contribution is 0.0617. The highest BCUT2D eigenvalue weighted by Crippen LogP contribution is 2.24. The Morgan fingerprint density at radius 2 is 1.75 bits per heavy atom. The van der Waals surface area contributed by atoms with Gasteiger partial charge in [0.1, 0.15) is 24.3 Å². The van der Waals surface area contributed by atoms with Gasteiger partial charge in [-0.1, -0.05) is 30.7 Å². The van der Waals surface area contributed by atoms with Crippen LogP contribution in [0.15, 0.2) is 48.5 Å². The summed E-state index contributed by atoms with van der Waals surface area (Å²) in [5.74, 6) is 0.474. The Bertz CT molecular complexity index is 638. The molecular formula is C20H24FNO2. The Labute approximate surface area is 142 Å². The third-order valence-corrected chi connectivity index (χ3v) is 4.37. The van der Waals surface area contributed by atoms with E-state index in [9.17, 15) is 9.50 Å². The zero-order valence-electron chi connectivity index (χ0n) is 13.8. The number of benzene rings is 2. The van der Waals surface area contributed by atoms with Crippen molar-refractivity contribution in [3.8, 4) is 16.9 Å². The number of hydrogen-bond acceptors (Lipinski definition) is 3. The van der Waals surface area contributed by atoms with Crippen LogP contribution in [0.3, 0.4) is 0 Å². The monoisotopic (exact) mass is 329 g/mol. The highest BCUT2D eigenvalue weighted by molar-refractivity contribution is 5.64. The average Bonchev–Trinajstić information content (AvgIpc) is 2.62. The molecule has 3 rings (SSSR count). The molecule has 1 fully saturated rings. The molecule has 1 N–H and O–H groups in total. The molecule has 1 heterocycles. The highest BCUT2D eigenvalue weighted by atomic mass is 19.1. The quantitative estimate of drug-likeness (QED) is 0.877. The van der Waals surface area contributed by atoms with Crippen LogP contribution in [0.4, 0.5) is 4.39 Å². The van der Waals surface area contributed by atoms with Crippen molar-refractivity contribution in [1.82, 2.24) is 4.90 Å². The Morgan fingerprint density at radius 3 is 2.50 bits per heavy atom. The molecule has 2 aromatic carbocycles. The first-order chi connectivity index (χ1) is 11.7. The van der Waals surface area contributed by atoms with Crippen molar-refractivity contribution in [2.75, 3.05) is 26.2 Å². The Balaban J connectivity index is 1.55. The van der Waals surface area contributed by atoms with Crippen LogP contribution in [-0.2, 0) is 0 Å². The van der Waals surface area contributed by atoms with E-state index in [0.29, 0.717) is 6.54 Å². The van der Waals surface area contributed by atoms with E-state index in [-0.39, 0.29) is 12.4 Å². The maximum atomic E-state index is 13.0. The summed E-state index contributed by atoms with van der Waals surface area (Å²) < 4.78 is 18.8. The minimum Gasteiger partial charge on any atom is -0.491 e. The first-order valence-electron chi connectivity index (χ1n) is 8.60. The van der Waals surface area contributed by atoms with Gasteiger partial charge in [-0.3, -0.25) is 0 Å². The minimum absolute atomic E-state index is 0.244. The van der Waals surface area contributed by atoms with E-state index in [1.165, 1.54) is 31.4 Å². The lowest BCUT2D eigenvalue weighted by Gasteiger charge is -2.28. The van der Waals surface area contributed by atoms with Crippen LogP contribution < -0.4 is 4.74 Å². The van der Waals surface area contributed by atoms with Gasteiger partial charge in [0.05, 0.1) is 0 Å². The summed E-state index contributed by atoms with van der Waals surface area (Å²) in [6, 6.07) is 14.1.